The van der Waals surface area contributed by atoms with Crippen LogP contribution in [-0.4, -0.2) is 73.2 Å². The van der Waals surface area contributed by atoms with Crippen molar-refractivity contribution in [1.29, 1.82) is 5.26 Å². The van der Waals surface area contributed by atoms with E-state index in [0.29, 0.717) is 15.6 Å². The number of nitriles is 1. The van der Waals surface area contributed by atoms with Crippen molar-refractivity contribution in [3.63, 3.8) is 0 Å². The number of ether oxygens (including phenoxy) is 4. The molecule has 3 aromatic heterocycles. The summed E-state index contributed by atoms with van der Waals surface area (Å²) in [7, 11) is 0. The van der Waals surface area contributed by atoms with Crippen LogP contribution in [-0.2, 0) is 33.3 Å². The molecule has 0 spiro atoms. The van der Waals surface area contributed by atoms with E-state index in [1.54, 1.807) is 23.8 Å². The van der Waals surface area contributed by atoms with E-state index >= 15 is 0 Å². The fourth-order valence-electron chi connectivity index (χ4n) is 4.01. The Bertz CT molecular complexity index is 1460. The van der Waals surface area contributed by atoms with Gasteiger partial charge in [-0.15, -0.1) is 16.4 Å². The smallest absolute Gasteiger partial charge is 0.303 e. The van der Waals surface area contributed by atoms with E-state index < -0.39 is 47.7 Å². The number of thiazole rings is 1. The molecule has 16 heteroatoms. The Morgan fingerprint density at radius 2 is 1.93 bits per heavy atom. The third-order valence-electron chi connectivity index (χ3n) is 5.52. The molecule has 1 saturated heterocycles. The molecule has 4 heterocycles. The number of carbonyl (C=O) groups excluding carboxylic acids is 3. The number of carbonyl (C=O) groups is 3. The lowest BCUT2D eigenvalue weighted by Crippen LogP contribution is -2.57. The molecule has 13 nitrogen and oxygen atoms in total. The minimum atomic E-state index is -1.13. The number of pyridine rings is 1. The van der Waals surface area contributed by atoms with Crippen LogP contribution >= 0.6 is 34.7 Å². The van der Waals surface area contributed by atoms with Gasteiger partial charge in [0, 0.05) is 37.2 Å². The standard InChI is InChI=1S/C24H23ClN6O7S2/c1-11-5-18(15(6-26)27-7-11)40-24-22(37-14(4)34)20(21(36-13(3)33)17(38-24)9-35-12(2)32)31-8-16(29-30-31)23-28-19(25)10-39-23/h5,7-8,10,17,20-22,24H,9H2,1-4H3/t17?,20?,21-,22?,24+/m0/s1. The summed E-state index contributed by atoms with van der Waals surface area (Å²) in [5.74, 6) is -1.87. The molecule has 210 valence electrons. The van der Waals surface area contributed by atoms with E-state index in [4.69, 9.17) is 30.5 Å². The molecule has 5 atom stereocenters. The first-order chi connectivity index (χ1) is 19.0. The molecule has 0 bridgehead atoms. The Kier molecular flexibility index (Phi) is 9.36. The Balaban J connectivity index is 1.82. The number of halogens is 1. The number of thioether (sulfide) groups is 1. The average molecular weight is 607 g/mol. The predicted octanol–water partition coefficient (Wildman–Crippen LogP) is 3.11. The SMILES string of the molecule is CC(=O)OCC1O[C@H](Sc2cc(C)cnc2C#N)C(OC(C)=O)C(n2cc(-c3nc(Cl)cs3)nn2)[C@H]1OC(C)=O. The van der Waals surface area contributed by atoms with E-state index in [2.05, 4.69) is 20.3 Å². The summed E-state index contributed by atoms with van der Waals surface area (Å²) in [4.78, 5) is 45.1. The summed E-state index contributed by atoms with van der Waals surface area (Å²) in [5.41, 5.74) is 0.329. The molecule has 1 aliphatic rings. The number of esters is 3. The summed E-state index contributed by atoms with van der Waals surface area (Å²) in [6.45, 7) is 5.20. The van der Waals surface area contributed by atoms with Gasteiger partial charge in [0.05, 0.1) is 6.20 Å². The molecule has 0 amide bonds. The number of rotatable bonds is 8. The highest BCUT2D eigenvalue weighted by Gasteiger charge is 2.52. The third-order valence-corrected chi connectivity index (χ3v) is 7.89. The van der Waals surface area contributed by atoms with Crippen LogP contribution in [0.5, 0.6) is 0 Å². The monoisotopic (exact) mass is 606 g/mol. The number of aromatic nitrogens is 5. The van der Waals surface area contributed by atoms with Crippen LogP contribution in [0.15, 0.2) is 28.7 Å². The zero-order chi connectivity index (χ0) is 29.0. The van der Waals surface area contributed by atoms with Crippen molar-refractivity contribution in [2.24, 2.45) is 0 Å². The van der Waals surface area contributed by atoms with E-state index in [1.165, 1.54) is 36.8 Å². The van der Waals surface area contributed by atoms with Crippen LogP contribution in [0.4, 0.5) is 0 Å². The molecule has 0 aromatic carbocycles. The Labute approximate surface area is 241 Å². The van der Waals surface area contributed by atoms with Crippen LogP contribution in [0.3, 0.4) is 0 Å². The predicted molar refractivity (Wildman–Crippen MR) is 141 cm³/mol. The van der Waals surface area contributed by atoms with Gasteiger partial charge >= 0.3 is 17.9 Å². The Morgan fingerprint density at radius 3 is 2.55 bits per heavy atom. The molecule has 3 aromatic rings. The van der Waals surface area contributed by atoms with Crippen molar-refractivity contribution < 1.29 is 33.3 Å². The molecule has 0 N–H and O–H groups in total. The van der Waals surface area contributed by atoms with E-state index in [0.717, 1.165) is 17.3 Å². The van der Waals surface area contributed by atoms with Gasteiger partial charge in [-0.05, 0) is 18.6 Å². The molecule has 40 heavy (non-hydrogen) atoms. The normalized spacial score (nSPS) is 22.2. The highest BCUT2D eigenvalue weighted by Crippen LogP contribution is 2.42. The average Bonchev–Trinajstić information content (AvgIpc) is 3.53. The topological polar surface area (TPSA) is 168 Å². The van der Waals surface area contributed by atoms with Crippen LogP contribution in [0.25, 0.3) is 10.7 Å². The molecule has 4 rings (SSSR count). The third kappa shape index (κ3) is 6.94. The van der Waals surface area contributed by atoms with Gasteiger partial charge in [0.2, 0.25) is 0 Å². The van der Waals surface area contributed by atoms with Crippen molar-refractivity contribution in [3.8, 4) is 16.8 Å². The van der Waals surface area contributed by atoms with Gasteiger partial charge in [-0.1, -0.05) is 28.6 Å². The second-order valence-electron chi connectivity index (χ2n) is 8.63. The van der Waals surface area contributed by atoms with Gasteiger partial charge in [0.15, 0.2) is 17.9 Å². The number of aryl methyl sites for hydroxylation is 1. The zero-order valence-corrected chi connectivity index (χ0v) is 24.0. The van der Waals surface area contributed by atoms with E-state index in [-0.39, 0.29) is 17.5 Å². The fourth-order valence-corrected chi connectivity index (χ4v) is 6.17. The van der Waals surface area contributed by atoms with Gasteiger partial charge in [-0.3, -0.25) is 14.4 Å². The molecule has 0 aliphatic carbocycles. The Hall–Kier alpha value is -3.58. The van der Waals surface area contributed by atoms with Gasteiger partial charge in [0.1, 0.15) is 46.1 Å². The van der Waals surface area contributed by atoms with Crippen LogP contribution in [0.2, 0.25) is 5.15 Å². The molecule has 0 saturated carbocycles. The summed E-state index contributed by atoms with van der Waals surface area (Å²) in [6, 6.07) is 2.80. The molecule has 1 aliphatic heterocycles. The number of hydrogen-bond donors (Lipinski definition) is 0. The second-order valence-corrected chi connectivity index (χ2v) is 11.0. The van der Waals surface area contributed by atoms with Gasteiger partial charge in [-0.25, -0.2) is 14.6 Å². The fraction of sp³-hybridized carbons (Fsp3) is 0.417. The highest BCUT2D eigenvalue weighted by molar-refractivity contribution is 7.99. The quantitative estimate of drug-likeness (QED) is 0.271. The van der Waals surface area contributed by atoms with Crippen molar-refractivity contribution >= 4 is 52.6 Å². The Morgan fingerprint density at radius 1 is 1.20 bits per heavy atom. The van der Waals surface area contributed by atoms with Crippen molar-refractivity contribution in [2.45, 2.75) is 62.4 Å². The summed E-state index contributed by atoms with van der Waals surface area (Å²) < 4.78 is 24.3. The maximum absolute atomic E-state index is 12.3. The number of nitrogens with zero attached hydrogens (tertiary/aromatic N) is 6. The number of hydrogen-bond acceptors (Lipinski definition) is 14. The lowest BCUT2D eigenvalue weighted by molar-refractivity contribution is -0.212. The molecular formula is C24H23ClN6O7S2. The largest absolute Gasteiger partial charge is 0.463 e. The van der Waals surface area contributed by atoms with Crippen molar-refractivity contribution in [1.82, 2.24) is 25.0 Å². The van der Waals surface area contributed by atoms with Gasteiger partial charge < -0.3 is 18.9 Å². The summed E-state index contributed by atoms with van der Waals surface area (Å²) in [6.07, 6.45) is -0.135. The zero-order valence-electron chi connectivity index (χ0n) is 21.6. The first-order valence-electron chi connectivity index (χ1n) is 11.8. The highest BCUT2D eigenvalue weighted by atomic mass is 35.5. The van der Waals surface area contributed by atoms with E-state index in [9.17, 15) is 19.6 Å². The molecule has 0 radical (unpaired) electrons. The lowest BCUT2D eigenvalue weighted by Gasteiger charge is -2.44. The minimum Gasteiger partial charge on any atom is -0.463 e. The maximum atomic E-state index is 12.3. The molecule has 1 fully saturated rings. The first-order valence-corrected chi connectivity index (χ1v) is 13.9. The van der Waals surface area contributed by atoms with Gasteiger partial charge in [0.25, 0.3) is 0 Å². The van der Waals surface area contributed by atoms with Crippen molar-refractivity contribution in [3.05, 3.63) is 40.3 Å². The van der Waals surface area contributed by atoms with Crippen LogP contribution < -0.4 is 0 Å². The van der Waals surface area contributed by atoms with E-state index in [1.807, 2.05) is 13.0 Å². The molecular weight excluding hydrogens is 584 g/mol. The van der Waals surface area contributed by atoms with Crippen molar-refractivity contribution in [2.75, 3.05) is 6.61 Å². The minimum absolute atomic E-state index is 0.139. The summed E-state index contributed by atoms with van der Waals surface area (Å²) >= 11 is 8.32. The lowest BCUT2D eigenvalue weighted by atomic mass is 9.96. The summed E-state index contributed by atoms with van der Waals surface area (Å²) in [5, 5.41) is 20.5. The maximum Gasteiger partial charge on any atom is 0.303 e. The van der Waals surface area contributed by atoms with Crippen LogP contribution in [0.1, 0.15) is 38.1 Å². The molecule has 3 unspecified atom stereocenters. The first kappa shape index (κ1) is 29.4. The second kappa shape index (κ2) is 12.7. The van der Waals surface area contributed by atoms with Crippen LogP contribution in [0, 0.1) is 18.3 Å². The van der Waals surface area contributed by atoms with Gasteiger partial charge in [-0.2, -0.15) is 5.26 Å².